The Hall–Kier alpha value is -1.34. The molecule has 0 saturated heterocycles. The molecule has 3 nitrogen and oxygen atoms in total. The van der Waals surface area contributed by atoms with E-state index < -0.39 is 5.41 Å². The van der Waals surface area contributed by atoms with Crippen LogP contribution in [0.4, 0.5) is 0 Å². The highest BCUT2D eigenvalue weighted by molar-refractivity contribution is 9.10. The second-order valence-electron chi connectivity index (χ2n) is 4.21. The Morgan fingerprint density at radius 2 is 2.11 bits per heavy atom. The van der Waals surface area contributed by atoms with Gasteiger partial charge in [0.25, 0.3) is 0 Å². The molecule has 0 unspecified atom stereocenters. The molecule has 1 N–H and O–H groups in total. The predicted molar refractivity (Wildman–Crippen MR) is 74.6 cm³/mol. The molecule has 18 heavy (non-hydrogen) atoms. The number of rotatable bonds is 5. The third kappa shape index (κ3) is 3.33. The van der Waals surface area contributed by atoms with Crippen molar-refractivity contribution in [1.82, 2.24) is 5.32 Å². The van der Waals surface area contributed by atoms with E-state index in [1.54, 1.807) is 0 Å². The molecule has 0 saturated carbocycles. The van der Waals surface area contributed by atoms with E-state index in [-0.39, 0.29) is 5.91 Å². The van der Waals surface area contributed by atoms with Crippen molar-refractivity contribution in [3.63, 3.8) is 0 Å². The van der Waals surface area contributed by atoms with E-state index in [1.807, 2.05) is 38.1 Å². The lowest BCUT2D eigenvalue weighted by Crippen LogP contribution is -2.39. The van der Waals surface area contributed by atoms with Gasteiger partial charge in [-0.1, -0.05) is 41.9 Å². The first-order valence-electron chi connectivity index (χ1n) is 6.02. The number of amides is 1. The molecule has 1 aromatic rings. The summed E-state index contributed by atoms with van der Waals surface area (Å²) in [4.78, 5) is 12.1. The minimum Gasteiger partial charge on any atom is -0.351 e. The summed E-state index contributed by atoms with van der Waals surface area (Å²) in [7, 11) is 0. The lowest BCUT2D eigenvalue weighted by molar-refractivity contribution is -0.128. The number of halogens is 1. The van der Waals surface area contributed by atoms with E-state index in [2.05, 4.69) is 27.3 Å². The van der Waals surface area contributed by atoms with Crippen LogP contribution in [-0.4, -0.2) is 5.91 Å². The number of nitrogens with zero attached hydrogens (tertiary/aromatic N) is 1. The maximum Gasteiger partial charge on any atom is 0.240 e. The molecule has 0 aromatic heterocycles. The standard InChI is InChI=1S/C14H17BrN2O/c1-3-14(4-2,10-16)13(18)17-9-11-6-5-7-12(15)8-11/h5-8H,3-4,9H2,1-2H3,(H,17,18). The van der Waals surface area contributed by atoms with E-state index in [0.717, 1.165) is 10.0 Å². The topological polar surface area (TPSA) is 52.9 Å². The van der Waals surface area contributed by atoms with Gasteiger partial charge in [-0.15, -0.1) is 0 Å². The molecule has 0 aliphatic carbocycles. The molecular weight excluding hydrogens is 292 g/mol. The summed E-state index contributed by atoms with van der Waals surface area (Å²) >= 11 is 3.38. The lowest BCUT2D eigenvalue weighted by Gasteiger charge is -2.22. The zero-order chi connectivity index (χ0) is 13.6. The van der Waals surface area contributed by atoms with Crippen LogP contribution in [0.1, 0.15) is 32.3 Å². The summed E-state index contributed by atoms with van der Waals surface area (Å²) in [5.74, 6) is -0.185. The third-order valence-electron chi connectivity index (χ3n) is 3.20. The first-order valence-corrected chi connectivity index (χ1v) is 6.81. The Bertz CT molecular complexity index is 461. The summed E-state index contributed by atoms with van der Waals surface area (Å²) < 4.78 is 0.978. The highest BCUT2D eigenvalue weighted by Gasteiger charge is 2.34. The van der Waals surface area contributed by atoms with Crippen LogP contribution < -0.4 is 5.32 Å². The number of carbonyl (C=O) groups is 1. The average molecular weight is 309 g/mol. The summed E-state index contributed by atoms with van der Waals surface area (Å²) in [6.45, 7) is 4.18. The zero-order valence-electron chi connectivity index (χ0n) is 10.7. The van der Waals surface area contributed by atoms with Gasteiger partial charge >= 0.3 is 0 Å². The van der Waals surface area contributed by atoms with Crippen LogP contribution >= 0.6 is 15.9 Å². The van der Waals surface area contributed by atoms with E-state index >= 15 is 0 Å². The normalized spacial score (nSPS) is 10.8. The van der Waals surface area contributed by atoms with Crippen molar-refractivity contribution in [1.29, 1.82) is 5.26 Å². The van der Waals surface area contributed by atoms with Crippen molar-refractivity contribution in [3.05, 3.63) is 34.3 Å². The van der Waals surface area contributed by atoms with Gasteiger partial charge in [0, 0.05) is 11.0 Å². The lowest BCUT2D eigenvalue weighted by atomic mass is 9.83. The van der Waals surface area contributed by atoms with Crippen molar-refractivity contribution in [3.8, 4) is 6.07 Å². The zero-order valence-corrected chi connectivity index (χ0v) is 12.3. The summed E-state index contributed by atoms with van der Waals surface area (Å²) in [6, 6.07) is 9.89. The molecule has 0 aliphatic rings. The van der Waals surface area contributed by atoms with Gasteiger partial charge in [0.15, 0.2) is 0 Å². The van der Waals surface area contributed by atoms with Gasteiger partial charge in [0.2, 0.25) is 5.91 Å². The Labute approximate surface area is 116 Å². The quantitative estimate of drug-likeness (QED) is 0.906. The molecule has 0 heterocycles. The van der Waals surface area contributed by atoms with Crippen molar-refractivity contribution in [2.24, 2.45) is 5.41 Å². The molecule has 4 heteroatoms. The molecule has 0 atom stereocenters. The van der Waals surface area contributed by atoms with Crippen LogP contribution in [0.25, 0.3) is 0 Å². The molecule has 1 amide bonds. The minimum absolute atomic E-state index is 0.185. The second-order valence-corrected chi connectivity index (χ2v) is 5.13. The van der Waals surface area contributed by atoms with Crippen LogP contribution in [0.5, 0.6) is 0 Å². The molecule has 1 rings (SSSR count). The van der Waals surface area contributed by atoms with E-state index in [4.69, 9.17) is 5.26 Å². The largest absolute Gasteiger partial charge is 0.351 e. The number of nitriles is 1. The van der Waals surface area contributed by atoms with Gasteiger partial charge in [-0.2, -0.15) is 5.26 Å². The smallest absolute Gasteiger partial charge is 0.240 e. The fourth-order valence-corrected chi connectivity index (χ4v) is 2.23. The molecule has 0 bridgehead atoms. The summed E-state index contributed by atoms with van der Waals surface area (Å²) in [6.07, 6.45) is 1.06. The number of carbonyl (C=O) groups excluding carboxylic acids is 1. The Kier molecular flexibility index (Phi) is 5.36. The van der Waals surface area contributed by atoms with Crippen LogP contribution in [0.2, 0.25) is 0 Å². The van der Waals surface area contributed by atoms with Gasteiger partial charge < -0.3 is 5.32 Å². The Morgan fingerprint density at radius 3 is 2.61 bits per heavy atom. The van der Waals surface area contributed by atoms with Crippen LogP contribution in [0.15, 0.2) is 28.7 Å². The molecule has 96 valence electrons. The fourth-order valence-electron chi connectivity index (χ4n) is 1.78. The predicted octanol–water partition coefficient (Wildman–Crippen LogP) is 3.40. The molecule has 0 spiro atoms. The van der Waals surface area contributed by atoms with Crippen LogP contribution in [-0.2, 0) is 11.3 Å². The first kappa shape index (κ1) is 14.7. The Morgan fingerprint density at radius 1 is 1.44 bits per heavy atom. The van der Waals surface area contributed by atoms with E-state index in [1.165, 1.54) is 0 Å². The maximum absolute atomic E-state index is 12.1. The average Bonchev–Trinajstić information content (AvgIpc) is 2.39. The van der Waals surface area contributed by atoms with Crippen molar-refractivity contribution >= 4 is 21.8 Å². The van der Waals surface area contributed by atoms with Gasteiger partial charge in [-0.05, 0) is 30.5 Å². The van der Waals surface area contributed by atoms with Crippen molar-refractivity contribution in [2.45, 2.75) is 33.2 Å². The first-order chi connectivity index (χ1) is 8.57. The number of nitrogens with one attached hydrogen (secondary N) is 1. The van der Waals surface area contributed by atoms with Crippen molar-refractivity contribution < 1.29 is 4.79 Å². The second kappa shape index (κ2) is 6.55. The van der Waals surface area contributed by atoms with E-state index in [0.29, 0.717) is 19.4 Å². The highest BCUT2D eigenvalue weighted by Crippen LogP contribution is 2.25. The number of benzene rings is 1. The molecule has 1 aromatic carbocycles. The maximum atomic E-state index is 12.1. The minimum atomic E-state index is -0.897. The highest BCUT2D eigenvalue weighted by atomic mass is 79.9. The van der Waals surface area contributed by atoms with Crippen LogP contribution in [0, 0.1) is 16.7 Å². The van der Waals surface area contributed by atoms with Crippen LogP contribution in [0.3, 0.4) is 0 Å². The number of hydrogen-bond acceptors (Lipinski definition) is 2. The van der Waals surface area contributed by atoms with Gasteiger partial charge in [-0.25, -0.2) is 0 Å². The van der Waals surface area contributed by atoms with Crippen molar-refractivity contribution in [2.75, 3.05) is 0 Å². The third-order valence-corrected chi connectivity index (χ3v) is 3.69. The van der Waals surface area contributed by atoms with Gasteiger partial charge in [-0.3, -0.25) is 4.79 Å². The summed E-state index contributed by atoms with van der Waals surface area (Å²) in [5.41, 5.74) is 0.114. The number of hydrogen-bond donors (Lipinski definition) is 1. The van der Waals surface area contributed by atoms with Gasteiger partial charge in [0.05, 0.1) is 6.07 Å². The molecular formula is C14H17BrN2O. The molecule has 0 radical (unpaired) electrons. The van der Waals surface area contributed by atoms with Gasteiger partial charge in [0.1, 0.15) is 5.41 Å². The van der Waals surface area contributed by atoms with E-state index in [9.17, 15) is 4.79 Å². The summed E-state index contributed by atoms with van der Waals surface area (Å²) in [5, 5.41) is 12.0. The SMILES string of the molecule is CCC(C#N)(CC)C(=O)NCc1cccc(Br)c1. The Balaban J connectivity index is 2.69. The monoisotopic (exact) mass is 308 g/mol. The fraction of sp³-hybridized carbons (Fsp3) is 0.429. The molecule has 0 fully saturated rings. The molecule has 0 aliphatic heterocycles.